The van der Waals surface area contributed by atoms with E-state index in [0.29, 0.717) is 5.56 Å². The van der Waals surface area contributed by atoms with Crippen LogP contribution >= 0.6 is 0 Å². The van der Waals surface area contributed by atoms with Crippen molar-refractivity contribution >= 4 is 11.6 Å². The summed E-state index contributed by atoms with van der Waals surface area (Å²) < 4.78 is 9.96. The zero-order valence-electron chi connectivity index (χ0n) is 18.5. The van der Waals surface area contributed by atoms with Crippen LogP contribution < -0.4 is 4.74 Å². The van der Waals surface area contributed by atoms with E-state index in [4.69, 9.17) is 20.1 Å². The van der Waals surface area contributed by atoms with Gasteiger partial charge in [-0.15, -0.1) is 0 Å². The molecule has 0 saturated heterocycles. The molecule has 180 valence electrons. The molecular weight excluding hydrogens is 436 g/mol. The molecule has 2 aromatic carbocycles. The fourth-order valence-corrected chi connectivity index (χ4v) is 3.27. The molecule has 6 N–H and O–H groups in total. The average molecular weight is 464 g/mol. The van der Waals surface area contributed by atoms with Crippen LogP contribution in [0.5, 0.6) is 17.2 Å². The minimum Gasteiger partial charge on any atom is -0.507 e. The van der Waals surface area contributed by atoms with Gasteiger partial charge in [0.2, 0.25) is 5.78 Å². The number of aromatic hydroxyl groups is 2. The molecule has 0 amide bonds. The molecule has 1 aliphatic rings. The first-order valence-corrected chi connectivity index (χ1v) is 10.1. The number of ketones is 2. The number of fused-ring (bicyclic) bond motifs is 2. The van der Waals surface area contributed by atoms with Crippen LogP contribution in [0.25, 0.3) is 0 Å². The van der Waals surface area contributed by atoms with Gasteiger partial charge >= 0.3 is 0 Å². The molecule has 0 bridgehead atoms. The number of aliphatic hydroxyl groups excluding tert-OH is 4. The Bertz CT molecular complexity index is 1010. The average Bonchev–Trinajstić information content (AvgIpc) is 2.77. The fourth-order valence-electron chi connectivity index (χ4n) is 3.27. The minimum absolute atomic E-state index is 0.0214. The summed E-state index contributed by atoms with van der Waals surface area (Å²) in [6.45, 7) is 2.20. The number of hydrogen-bond acceptors (Lipinski definition) is 10. The summed E-state index contributed by atoms with van der Waals surface area (Å²) in [6.07, 6.45) is -2.18. The summed E-state index contributed by atoms with van der Waals surface area (Å²) in [6, 6.07) is 5.61. The highest BCUT2D eigenvalue weighted by molar-refractivity contribution is 6.30. The van der Waals surface area contributed by atoms with Gasteiger partial charge in [-0.1, -0.05) is 12.1 Å². The molecule has 33 heavy (non-hydrogen) atoms. The predicted octanol–water partition coefficient (Wildman–Crippen LogP) is 0.288. The summed E-state index contributed by atoms with van der Waals surface area (Å²) in [7, 11) is 1.45. The number of phenolic OH excluding ortho intramolecular Hbond substituents is 2. The van der Waals surface area contributed by atoms with Crippen LogP contribution in [0.3, 0.4) is 0 Å². The topological polar surface area (TPSA) is 174 Å². The van der Waals surface area contributed by atoms with E-state index < -0.39 is 42.2 Å². The number of ether oxygens (including phenoxy) is 2. The Balaban J connectivity index is 0.000000414. The molecule has 0 aliphatic heterocycles. The summed E-state index contributed by atoms with van der Waals surface area (Å²) in [5, 5.41) is 55.8. The van der Waals surface area contributed by atoms with E-state index in [1.807, 2.05) is 0 Å². The standard InChI is InChI=1S/C18H16O7.C5H12O3/c1-8-5-11-14(17(24)18(8)25-7-9(20)6-19)16(23)13-10(15(11)22)3-2-4-12(13)21;1-4(7)5(3-6)8-2/h2-5,9,19-21,24H,6-7H2,1H3;4-7H,3H2,1-2H3. The van der Waals surface area contributed by atoms with E-state index in [1.165, 1.54) is 31.4 Å². The number of carbonyl (C=O) groups excluding carboxylic acids is 2. The highest BCUT2D eigenvalue weighted by atomic mass is 16.5. The molecular formula is C23H28O10. The maximum absolute atomic E-state index is 12.7. The van der Waals surface area contributed by atoms with E-state index in [-0.39, 0.29) is 47.0 Å². The summed E-state index contributed by atoms with van der Waals surface area (Å²) in [5.41, 5.74) is 0.0681. The Morgan fingerprint density at radius 3 is 2.15 bits per heavy atom. The molecule has 0 spiro atoms. The van der Waals surface area contributed by atoms with Gasteiger partial charge in [-0.25, -0.2) is 0 Å². The molecule has 3 unspecified atom stereocenters. The zero-order chi connectivity index (χ0) is 24.9. The van der Waals surface area contributed by atoms with Crippen LogP contribution in [0.15, 0.2) is 24.3 Å². The van der Waals surface area contributed by atoms with E-state index in [1.54, 1.807) is 13.8 Å². The van der Waals surface area contributed by atoms with Crippen molar-refractivity contribution < 1.29 is 49.7 Å². The lowest BCUT2D eigenvalue weighted by Crippen LogP contribution is -2.28. The molecule has 0 radical (unpaired) electrons. The molecule has 3 rings (SSSR count). The van der Waals surface area contributed by atoms with Gasteiger partial charge in [0.25, 0.3) is 0 Å². The van der Waals surface area contributed by atoms with Crippen LogP contribution in [-0.2, 0) is 4.74 Å². The number of rotatable bonds is 7. The molecule has 0 saturated carbocycles. The molecule has 10 heteroatoms. The predicted molar refractivity (Wildman–Crippen MR) is 116 cm³/mol. The third-order valence-corrected chi connectivity index (χ3v) is 5.08. The lowest BCUT2D eigenvalue weighted by atomic mass is 9.82. The number of aliphatic hydroxyl groups is 4. The van der Waals surface area contributed by atoms with Crippen molar-refractivity contribution in [1.82, 2.24) is 0 Å². The number of methoxy groups -OCH3 is 1. The largest absolute Gasteiger partial charge is 0.507 e. The second-order valence-corrected chi connectivity index (χ2v) is 7.50. The monoisotopic (exact) mass is 464 g/mol. The third-order valence-electron chi connectivity index (χ3n) is 5.08. The summed E-state index contributed by atoms with van der Waals surface area (Å²) in [4.78, 5) is 25.4. The van der Waals surface area contributed by atoms with Gasteiger partial charge in [-0.05, 0) is 31.5 Å². The Morgan fingerprint density at radius 2 is 1.64 bits per heavy atom. The SMILES string of the molecule is COC(CO)C(C)O.Cc1cc2c(c(O)c1OCC(O)CO)C(=O)c1c(O)cccc1C2=O. The molecule has 10 nitrogen and oxygen atoms in total. The van der Waals surface area contributed by atoms with Gasteiger partial charge < -0.3 is 40.1 Å². The second kappa shape index (κ2) is 11.2. The van der Waals surface area contributed by atoms with Gasteiger partial charge in [-0.2, -0.15) is 0 Å². The summed E-state index contributed by atoms with van der Waals surface area (Å²) in [5.74, 6) is -2.12. The van der Waals surface area contributed by atoms with Gasteiger partial charge in [0.15, 0.2) is 17.3 Å². The highest BCUT2D eigenvalue weighted by Crippen LogP contribution is 2.42. The summed E-state index contributed by atoms with van der Waals surface area (Å²) >= 11 is 0. The van der Waals surface area contributed by atoms with Crippen molar-refractivity contribution in [2.24, 2.45) is 0 Å². The van der Waals surface area contributed by atoms with E-state index >= 15 is 0 Å². The molecule has 2 aromatic rings. The van der Waals surface area contributed by atoms with Crippen molar-refractivity contribution in [2.45, 2.75) is 32.2 Å². The van der Waals surface area contributed by atoms with E-state index in [0.717, 1.165) is 0 Å². The molecule has 1 aliphatic carbocycles. The number of hydrogen-bond donors (Lipinski definition) is 6. The van der Waals surface area contributed by atoms with E-state index in [2.05, 4.69) is 4.74 Å². The van der Waals surface area contributed by atoms with Crippen LogP contribution in [0.4, 0.5) is 0 Å². The molecule has 0 aromatic heterocycles. The fraction of sp³-hybridized carbons (Fsp3) is 0.391. The number of benzene rings is 2. The normalized spacial score (nSPS) is 15.0. The zero-order valence-corrected chi connectivity index (χ0v) is 18.5. The van der Waals surface area contributed by atoms with Gasteiger partial charge in [0.05, 0.1) is 30.4 Å². The molecule has 0 heterocycles. The first-order chi connectivity index (χ1) is 15.6. The van der Waals surface area contributed by atoms with Crippen LogP contribution in [0, 0.1) is 6.92 Å². The molecule has 0 fully saturated rings. The number of aryl methyl sites for hydroxylation is 1. The number of carbonyl (C=O) groups is 2. The van der Waals surface area contributed by atoms with Crippen LogP contribution in [0.2, 0.25) is 0 Å². The Morgan fingerprint density at radius 1 is 0.970 bits per heavy atom. The van der Waals surface area contributed by atoms with Crippen LogP contribution in [-0.4, -0.2) is 87.4 Å². The van der Waals surface area contributed by atoms with Crippen molar-refractivity contribution in [3.8, 4) is 17.2 Å². The van der Waals surface area contributed by atoms with Gasteiger partial charge in [0.1, 0.15) is 24.6 Å². The first-order valence-electron chi connectivity index (χ1n) is 10.1. The first kappa shape index (κ1) is 26.2. The van der Waals surface area contributed by atoms with E-state index in [9.17, 15) is 24.9 Å². The quantitative estimate of drug-likeness (QED) is 0.285. The Kier molecular flexibility index (Phi) is 8.91. The smallest absolute Gasteiger partial charge is 0.202 e. The highest BCUT2D eigenvalue weighted by Gasteiger charge is 2.36. The number of phenols is 2. The van der Waals surface area contributed by atoms with Gasteiger partial charge in [-0.3, -0.25) is 9.59 Å². The second-order valence-electron chi connectivity index (χ2n) is 7.50. The van der Waals surface area contributed by atoms with Crippen molar-refractivity contribution in [2.75, 3.05) is 26.9 Å². The molecule has 3 atom stereocenters. The van der Waals surface area contributed by atoms with Crippen molar-refractivity contribution in [3.05, 3.63) is 52.1 Å². The minimum atomic E-state index is -1.16. The Hall–Kier alpha value is -3.02. The lowest BCUT2D eigenvalue weighted by Gasteiger charge is -2.22. The van der Waals surface area contributed by atoms with Gasteiger partial charge in [0, 0.05) is 18.2 Å². The lowest BCUT2D eigenvalue weighted by molar-refractivity contribution is -0.0326. The van der Waals surface area contributed by atoms with Crippen molar-refractivity contribution in [3.63, 3.8) is 0 Å². The maximum atomic E-state index is 12.7. The third kappa shape index (κ3) is 5.49. The Labute approximate surface area is 190 Å². The van der Waals surface area contributed by atoms with Crippen molar-refractivity contribution in [1.29, 1.82) is 0 Å². The maximum Gasteiger partial charge on any atom is 0.202 e. The van der Waals surface area contributed by atoms with Crippen LogP contribution in [0.1, 0.15) is 44.3 Å².